The Morgan fingerprint density at radius 3 is 2.80 bits per heavy atom. The van der Waals surface area contributed by atoms with Crippen molar-refractivity contribution in [3.8, 4) is 5.69 Å². The summed E-state index contributed by atoms with van der Waals surface area (Å²) in [5.74, 6) is -1.25. The number of carboxylic acid groups (broad SMARTS) is 1. The molecule has 106 valence electrons. The normalized spacial score (nSPS) is 10.8. The molecule has 1 aromatic carbocycles. The Morgan fingerprint density at radius 1 is 1.45 bits per heavy atom. The van der Waals surface area contributed by atoms with Gasteiger partial charge >= 0.3 is 11.7 Å². The highest BCUT2D eigenvalue weighted by Gasteiger charge is 2.17. The van der Waals surface area contributed by atoms with Crippen molar-refractivity contribution < 1.29 is 9.90 Å². The van der Waals surface area contributed by atoms with Crippen molar-refractivity contribution in [2.75, 3.05) is 5.75 Å². The Morgan fingerprint density at radius 2 is 2.15 bits per heavy atom. The number of aliphatic carboxylic acids is 1. The summed E-state index contributed by atoms with van der Waals surface area (Å²) in [5, 5.41) is 15.3. The van der Waals surface area contributed by atoms with E-state index in [1.807, 2.05) is 0 Å². The first-order chi connectivity index (χ1) is 9.41. The molecule has 0 spiro atoms. The van der Waals surface area contributed by atoms with Crippen molar-refractivity contribution in [3.63, 3.8) is 0 Å². The van der Waals surface area contributed by atoms with Crippen LogP contribution in [0.2, 0.25) is 10.0 Å². The van der Waals surface area contributed by atoms with E-state index in [1.165, 1.54) is 4.57 Å². The van der Waals surface area contributed by atoms with Gasteiger partial charge in [0.15, 0.2) is 5.16 Å². The van der Waals surface area contributed by atoms with Gasteiger partial charge in [0.1, 0.15) is 0 Å². The number of aromatic nitrogens is 3. The second-order valence-corrected chi connectivity index (χ2v) is 6.08. The number of nitrogens with one attached hydrogen (secondary N) is 1. The zero-order valence-electron chi connectivity index (χ0n) is 9.56. The standard InChI is InChI=1S/C10H6BrCl2N3O3S/c11-4-1-2-5(8(13)7(4)12)16-9(19)14-15-10(16)20-3-6(17)18/h1-2H,3H2,(H,14,19)(H,17,18). The largest absolute Gasteiger partial charge is 0.481 e. The van der Waals surface area contributed by atoms with Crippen molar-refractivity contribution in [2.24, 2.45) is 0 Å². The lowest BCUT2D eigenvalue weighted by molar-refractivity contribution is -0.133. The molecule has 10 heteroatoms. The highest BCUT2D eigenvalue weighted by molar-refractivity contribution is 9.10. The van der Waals surface area contributed by atoms with Crippen molar-refractivity contribution in [1.29, 1.82) is 0 Å². The van der Waals surface area contributed by atoms with Gasteiger partial charge in [0, 0.05) is 4.47 Å². The van der Waals surface area contributed by atoms with E-state index >= 15 is 0 Å². The molecule has 1 heterocycles. The zero-order chi connectivity index (χ0) is 14.9. The van der Waals surface area contributed by atoms with Gasteiger partial charge < -0.3 is 5.11 Å². The van der Waals surface area contributed by atoms with E-state index < -0.39 is 11.7 Å². The molecule has 0 fully saturated rings. The van der Waals surface area contributed by atoms with E-state index in [0.717, 1.165) is 11.8 Å². The van der Waals surface area contributed by atoms with Gasteiger partial charge in [-0.3, -0.25) is 4.79 Å². The van der Waals surface area contributed by atoms with Crippen LogP contribution in [0, 0.1) is 0 Å². The maximum Gasteiger partial charge on any atom is 0.348 e. The van der Waals surface area contributed by atoms with Gasteiger partial charge in [-0.25, -0.2) is 14.5 Å². The van der Waals surface area contributed by atoms with Crippen molar-refractivity contribution in [1.82, 2.24) is 14.8 Å². The SMILES string of the molecule is O=C(O)CSc1n[nH]c(=O)n1-c1ccc(Br)c(Cl)c1Cl. The molecule has 0 bridgehead atoms. The summed E-state index contributed by atoms with van der Waals surface area (Å²) < 4.78 is 1.76. The molecule has 0 aliphatic heterocycles. The lowest BCUT2D eigenvalue weighted by Gasteiger charge is -2.09. The third kappa shape index (κ3) is 3.03. The van der Waals surface area contributed by atoms with E-state index in [1.54, 1.807) is 12.1 Å². The maximum atomic E-state index is 11.8. The van der Waals surface area contributed by atoms with E-state index in [-0.39, 0.29) is 21.0 Å². The van der Waals surface area contributed by atoms with E-state index in [4.69, 9.17) is 28.3 Å². The lowest BCUT2D eigenvalue weighted by atomic mass is 10.3. The fraction of sp³-hybridized carbons (Fsp3) is 0.100. The summed E-state index contributed by atoms with van der Waals surface area (Å²) in [4.78, 5) is 22.4. The Bertz CT molecular complexity index is 731. The van der Waals surface area contributed by atoms with Crippen molar-refractivity contribution in [2.45, 2.75) is 5.16 Å². The molecule has 0 saturated carbocycles. The summed E-state index contributed by atoms with van der Waals surface area (Å²) in [5.41, 5.74) is -0.204. The number of aromatic amines is 1. The number of thioether (sulfide) groups is 1. The number of H-pyrrole nitrogens is 1. The van der Waals surface area contributed by atoms with Crippen molar-refractivity contribution >= 4 is 56.9 Å². The third-order valence-electron chi connectivity index (χ3n) is 2.22. The van der Waals surface area contributed by atoms with Crippen LogP contribution in [0.5, 0.6) is 0 Å². The van der Waals surface area contributed by atoms with Gasteiger partial charge in [-0.05, 0) is 28.1 Å². The topological polar surface area (TPSA) is 88.0 Å². The molecule has 2 rings (SSSR count). The van der Waals surface area contributed by atoms with Crippen molar-refractivity contribution in [3.05, 3.63) is 37.1 Å². The average molecular weight is 399 g/mol. The van der Waals surface area contributed by atoms with Crippen LogP contribution in [0.1, 0.15) is 0 Å². The van der Waals surface area contributed by atoms with Crippen LogP contribution < -0.4 is 5.69 Å². The molecule has 2 N–H and O–H groups in total. The molecule has 0 amide bonds. The monoisotopic (exact) mass is 397 g/mol. The molecular weight excluding hydrogens is 393 g/mol. The predicted octanol–water partition coefficient (Wildman–Crippen LogP) is 2.81. The fourth-order valence-corrected chi connectivity index (χ4v) is 2.93. The molecule has 6 nitrogen and oxygen atoms in total. The quantitative estimate of drug-likeness (QED) is 0.610. The second-order valence-electron chi connectivity index (χ2n) is 3.52. The van der Waals surface area contributed by atoms with Gasteiger partial charge in [0.2, 0.25) is 0 Å². The van der Waals surface area contributed by atoms with Crippen LogP contribution in [0.4, 0.5) is 0 Å². The average Bonchev–Trinajstić information content (AvgIpc) is 2.75. The van der Waals surface area contributed by atoms with E-state index in [2.05, 4.69) is 26.1 Å². The van der Waals surface area contributed by atoms with Gasteiger partial charge in [-0.1, -0.05) is 35.0 Å². The zero-order valence-corrected chi connectivity index (χ0v) is 13.5. The Hall–Kier alpha value is -0.960. The molecule has 0 unspecified atom stereocenters. The molecule has 0 atom stereocenters. The Balaban J connectivity index is 2.53. The molecule has 0 aliphatic carbocycles. The summed E-state index contributed by atoms with van der Waals surface area (Å²) in [6.45, 7) is 0. The first-order valence-corrected chi connectivity index (χ1v) is 7.61. The number of rotatable bonds is 4. The number of carbonyl (C=O) groups is 1. The minimum absolute atomic E-state index is 0.168. The summed E-state index contributed by atoms with van der Waals surface area (Å²) >= 11 is 16.2. The minimum atomic E-state index is -1.02. The predicted molar refractivity (Wildman–Crippen MR) is 80.3 cm³/mol. The molecule has 0 saturated heterocycles. The summed E-state index contributed by atoms with van der Waals surface area (Å²) in [7, 11) is 0. The maximum absolute atomic E-state index is 11.8. The van der Waals surface area contributed by atoms with Crippen LogP contribution in [0.3, 0.4) is 0 Å². The number of benzene rings is 1. The Labute approximate surface area is 135 Å². The van der Waals surface area contributed by atoms with Crippen LogP contribution in [0.15, 0.2) is 26.6 Å². The van der Waals surface area contributed by atoms with Gasteiger partial charge in [-0.15, -0.1) is 5.10 Å². The highest BCUT2D eigenvalue weighted by Crippen LogP contribution is 2.35. The van der Waals surface area contributed by atoms with Gasteiger partial charge in [-0.2, -0.15) is 0 Å². The number of carboxylic acids is 1. The number of halogens is 3. The summed E-state index contributed by atoms with van der Waals surface area (Å²) in [6, 6.07) is 3.22. The fourth-order valence-electron chi connectivity index (χ4n) is 1.41. The molecule has 2 aromatic rings. The first kappa shape index (κ1) is 15.4. The molecule has 20 heavy (non-hydrogen) atoms. The van der Waals surface area contributed by atoms with Crippen LogP contribution in [0.25, 0.3) is 5.69 Å². The van der Waals surface area contributed by atoms with Crippen LogP contribution in [-0.4, -0.2) is 31.6 Å². The summed E-state index contributed by atoms with van der Waals surface area (Å²) in [6.07, 6.45) is 0. The van der Waals surface area contributed by atoms with E-state index in [9.17, 15) is 9.59 Å². The van der Waals surface area contributed by atoms with Crippen LogP contribution in [-0.2, 0) is 4.79 Å². The van der Waals surface area contributed by atoms with E-state index in [0.29, 0.717) is 10.2 Å². The van der Waals surface area contributed by atoms with Gasteiger partial charge in [0.25, 0.3) is 0 Å². The van der Waals surface area contributed by atoms with Crippen LogP contribution >= 0.6 is 50.9 Å². The molecule has 1 aromatic heterocycles. The Kier molecular flexibility index (Phi) is 4.79. The van der Waals surface area contributed by atoms with Gasteiger partial charge in [0.05, 0.1) is 21.5 Å². The minimum Gasteiger partial charge on any atom is -0.481 e. The number of hydrogen-bond acceptors (Lipinski definition) is 4. The molecular formula is C10H6BrCl2N3O3S. The second kappa shape index (κ2) is 6.21. The number of hydrogen-bond donors (Lipinski definition) is 2. The highest BCUT2D eigenvalue weighted by atomic mass is 79.9. The number of nitrogens with zero attached hydrogens (tertiary/aromatic N) is 2. The third-order valence-corrected chi connectivity index (χ3v) is 4.91. The molecule has 0 aliphatic rings. The lowest BCUT2D eigenvalue weighted by Crippen LogP contribution is -2.16. The molecule has 0 radical (unpaired) electrons. The first-order valence-electron chi connectivity index (χ1n) is 5.07. The smallest absolute Gasteiger partial charge is 0.348 e.